The summed E-state index contributed by atoms with van der Waals surface area (Å²) in [4.78, 5) is 24.2. The Hall–Kier alpha value is -2.44. The monoisotopic (exact) mass is 430 g/mol. The molecule has 31 heavy (non-hydrogen) atoms. The maximum absolute atomic E-state index is 13.2. The minimum atomic E-state index is -0.776. The van der Waals surface area contributed by atoms with Gasteiger partial charge in [0.1, 0.15) is 18.1 Å². The standard InChI is InChI=1S/C25H34O6/c1-7-24(30-15-19-8-10-20(28-6)11-9-19)25(4,5)23(27)14-21-12-17(2)13-22(31-21)16-29-18(3)26/h7-11,21-22,24H,1-2,12-16H2,3-6H3/t21-,22+,24-/m0/s1. The average Bonchev–Trinajstić information content (AvgIpc) is 2.72. The number of ether oxygens (including phenoxy) is 4. The number of carbonyl (C=O) groups excluding carboxylic acids is 2. The number of carbonyl (C=O) groups is 2. The van der Waals surface area contributed by atoms with Gasteiger partial charge in [-0.05, 0) is 30.5 Å². The molecule has 6 nitrogen and oxygen atoms in total. The van der Waals surface area contributed by atoms with Gasteiger partial charge in [0, 0.05) is 13.3 Å². The lowest BCUT2D eigenvalue weighted by atomic mass is 9.79. The Morgan fingerprint density at radius 3 is 2.45 bits per heavy atom. The molecule has 1 aromatic rings. The Labute approximate surface area is 185 Å². The van der Waals surface area contributed by atoms with Crippen LogP contribution in [0.3, 0.4) is 0 Å². The maximum Gasteiger partial charge on any atom is 0.302 e. The third kappa shape index (κ3) is 7.33. The molecule has 0 saturated carbocycles. The predicted octanol–water partition coefficient (Wildman–Crippen LogP) is 4.42. The van der Waals surface area contributed by atoms with Crippen LogP contribution >= 0.6 is 0 Å². The van der Waals surface area contributed by atoms with Crippen molar-refractivity contribution in [1.29, 1.82) is 0 Å². The first kappa shape index (κ1) is 24.8. The smallest absolute Gasteiger partial charge is 0.302 e. The molecule has 0 bridgehead atoms. The summed E-state index contributed by atoms with van der Waals surface area (Å²) in [5.74, 6) is 0.454. The fraction of sp³-hybridized carbons (Fsp3) is 0.520. The topological polar surface area (TPSA) is 71.1 Å². The van der Waals surface area contributed by atoms with Gasteiger partial charge in [-0.2, -0.15) is 0 Å². The Morgan fingerprint density at radius 1 is 1.23 bits per heavy atom. The van der Waals surface area contributed by atoms with E-state index < -0.39 is 11.5 Å². The summed E-state index contributed by atoms with van der Waals surface area (Å²) in [6, 6.07) is 7.60. The van der Waals surface area contributed by atoms with Crippen molar-refractivity contribution in [3.05, 3.63) is 54.6 Å². The minimum Gasteiger partial charge on any atom is -0.497 e. The molecule has 0 radical (unpaired) electrons. The second-order valence-corrected chi connectivity index (χ2v) is 8.51. The Bertz CT molecular complexity index is 780. The quantitative estimate of drug-likeness (QED) is 0.382. The molecule has 1 aliphatic heterocycles. The highest BCUT2D eigenvalue weighted by atomic mass is 16.6. The molecule has 170 valence electrons. The molecule has 0 unspecified atom stereocenters. The summed E-state index contributed by atoms with van der Waals surface area (Å²) >= 11 is 0. The first-order valence-corrected chi connectivity index (χ1v) is 10.5. The summed E-state index contributed by atoms with van der Waals surface area (Å²) in [6.45, 7) is 13.5. The van der Waals surface area contributed by atoms with Crippen molar-refractivity contribution in [3.63, 3.8) is 0 Å². The molecule has 0 aliphatic carbocycles. The molecule has 1 fully saturated rings. The molecule has 1 saturated heterocycles. The number of benzene rings is 1. The largest absolute Gasteiger partial charge is 0.497 e. The molecular formula is C25H34O6. The van der Waals surface area contributed by atoms with E-state index in [1.54, 1.807) is 13.2 Å². The molecule has 1 heterocycles. The van der Waals surface area contributed by atoms with E-state index in [1.807, 2.05) is 38.1 Å². The highest BCUT2D eigenvalue weighted by Gasteiger charge is 2.38. The van der Waals surface area contributed by atoms with Gasteiger partial charge in [-0.25, -0.2) is 0 Å². The number of ketones is 1. The van der Waals surface area contributed by atoms with Gasteiger partial charge in [0.15, 0.2) is 0 Å². The maximum atomic E-state index is 13.2. The number of rotatable bonds is 11. The Kier molecular flexibility index (Phi) is 9.01. The zero-order valence-corrected chi connectivity index (χ0v) is 19.0. The highest BCUT2D eigenvalue weighted by molar-refractivity contribution is 5.85. The van der Waals surface area contributed by atoms with Crippen molar-refractivity contribution in [2.45, 2.75) is 65.0 Å². The second-order valence-electron chi connectivity index (χ2n) is 8.51. The van der Waals surface area contributed by atoms with Crippen LogP contribution in [0, 0.1) is 5.41 Å². The number of esters is 1. The third-order valence-corrected chi connectivity index (χ3v) is 5.54. The van der Waals surface area contributed by atoms with Gasteiger partial charge in [0.05, 0.1) is 37.4 Å². The first-order chi connectivity index (χ1) is 14.6. The first-order valence-electron chi connectivity index (χ1n) is 10.5. The summed E-state index contributed by atoms with van der Waals surface area (Å²) in [5, 5.41) is 0. The number of methoxy groups -OCH3 is 1. The van der Waals surface area contributed by atoms with E-state index in [-0.39, 0.29) is 37.0 Å². The lowest BCUT2D eigenvalue weighted by Gasteiger charge is -2.35. The summed E-state index contributed by atoms with van der Waals surface area (Å²) in [5.41, 5.74) is 1.20. The van der Waals surface area contributed by atoms with Crippen molar-refractivity contribution in [1.82, 2.24) is 0 Å². The molecule has 0 amide bonds. The Balaban J connectivity index is 1.96. The molecule has 6 heteroatoms. The van der Waals surface area contributed by atoms with Gasteiger partial charge in [-0.15, -0.1) is 6.58 Å². The van der Waals surface area contributed by atoms with Crippen molar-refractivity contribution in [2.24, 2.45) is 5.41 Å². The molecule has 2 rings (SSSR count). The van der Waals surface area contributed by atoms with Gasteiger partial charge in [-0.3, -0.25) is 9.59 Å². The molecule has 0 aromatic heterocycles. The highest BCUT2D eigenvalue weighted by Crippen LogP contribution is 2.32. The number of hydrogen-bond acceptors (Lipinski definition) is 6. The van der Waals surface area contributed by atoms with Crippen molar-refractivity contribution >= 4 is 11.8 Å². The summed E-state index contributed by atoms with van der Waals surface area (Å²) < 4.78 is 22.3. The van der Waals surface area contributed by atoms with Crippen LogP contribution in [-0.2, 0) is 30.4 Å². The third-order valence-electron chi connectivity index (χ3n) is 5.54. The van der Waals surface area contributed by atoms with Gasteiger partial charge in [0.2, 0.25) is 0 Å². The van der Waals surface area contributed by atoms with Crippen LogP contribution in [0.4, 0.5) is 0 Å². The lowest BCUT2D eigenvalue weighted by molar-refractivity contribution is -0.151. The van der Waals surface area contributed by atoms with Crippen LogP contribution in [-0.4, -0.2) is 43.8 Å². The molecule has 3 atom stereocenters. The van der Waals surface area contributed by atoms with Crippen molar-refractivity contribution in [3.8, 4) is 5.75 Å². The van der Waals surface area contributed by atoms with Crippen LogP contribution in [0.15, 0.2) is 49.1 Å². The zero-order valence-electron chi connectivity index (χ0n) is 19.0. The SMILES string of the molecule is C=C[C@H](OCc1ccc(OC)cc1)C(C)(C)C(=O)C[C@@H]1CC(=C)C[C@H](COC(C)=O)O1. The van der Waals surface area contributed by atoms with Crippen LogP contribution in [0.25, 0.3) is 0 Å². The van der Waals surface area contributed by atoms with E-state index in [0.717, 1.165) is 16.9 Å². The Morgan fingerprint density at radius 2 is 1.87 bits per heavy atom. The fourth-order valence-corrected chi connectivity index (χ4v) is 3.63. The second kappa shape index (κ2) is 11.3. The molecule has 1 aliphatic rings. The van der Waals surface area contributed by atoms with E-state index in [1.165, 1.54) is 6.92 Å². The fourth-order valence-electron chi connectivity index (χ4n) is 3.63. The molecule has 1 aromatic carbocycles. The lowest BCUT2D eigenvalue weighted by Crippen LogP contribution is -2.41. The van der Waals surface area contributed by atoms with E-state index in [2.05, 4.69) is 13.2 Å². The van der Waals surface area contributed by atoms with Gasteiger partial charge in [-0.1, -0.05) is 44.2 Å². The van der Waals surface area contributed by atoms with Crippen LogP contribution in [0.2, 0.25) is 0 Å². The van der Waals surface area contributed by atoms with Gasteiger partial charge in [0.25, 0.3) is 0 Å². The van der Waals surface area contributed by atoms with Crippen LogP contribution in [0.5, 0.6) is 5.75 Å². The van der Waals surface area contributed by atoms with E-state index in [9.17, 15) is 9.59 Å². The normalized spacial score (nSPS) is 20.1. The summed E-state index contributed by atoms with van der Waals surface area (Å²) in [7, 11) is 1.62. The van der Waals surface area contributed by atoms with Crippen LogP contribution < -0.4 is 4.74 Å². The van der Waals surface area contributed by atoms with Crippen molar-refractivity contribution < 1.29 is 28.5 Å². The molecule has 0 spiro atoms. The minimum absolute atomic E-state index is 0.0260. The van der Waals surface area contributed by atoms with Crippen LogP contribution in [0.1, 0.15) is 45.6 Å². The van der Waals surface area contributed by atoms with E-state index in [4.69, 9.17) is 18.9 Å². The van der Waals surface area contributed by atoms with E-state index in [0.29, 0.717) is 19.4 Å². The zero-order chi connectivity index (χ0) is 23.0. The predicted molar refractivity (Wildman–Crippen MR) is 119 cm³/mol. The molecular weight excluding hydrogens is 396 g/mol. The van der Waals surface area contributed by atoms with Gasteiger partial charge >= 0.3 is 5.97 Å². The average molecular weight is 431 g/mol. The van der Waals surface area contributed by atoms with Gasteiger partial charge < -0.3 is 18.9 Å². The number of Topliss-reactive ketones (excluding diaryl/α,β-unsaturated/α-hetero) is 1. The van der Waals surface area contributed by atoms with E-state index >= 15 is 0 Å². The molecule has 0 N–H and O–H groups in total. The van der Waals surface area contributed by atoms with Crippen molar-refractivity contribution in [2.75, 3.05) is 13.7 Å². The number of hydrogen-bond donors (Lipinski definition) is 0. The summed E-state index contributed by atoms with van der Waals surface area (Å²) in [6.07, 6.45) is 2.13.